The molecule has 22 heavy (non-hydrogen) atoms. The molecule has 2 rings (SSSR count). The molecule has 1 atom stereocenters. The second-order valence-corrected chi connectivity index (χ2v) is 5.44. The van der Waals surface area contributed by atoms with Crippen molar-refractivity contribution in [3.05, 3.63) is 29.3 Å². The standard InChI is InChI=1S/C17H27N3O2/c1-4-18-17(19-5-2)20-11-14-7-6-13(3)10-16(14)22-15-8-9-21-12-15/h6-7,10,15H,4-5,8-9,11-12H2,1-3H3,(H2,18,19,20). The number of nitrogens with one attached hydrogen (secondary N) is 2. The molecule has 0 aliphatic carbocycles. The number of benzene rings is 1. The molecular formula is C17H27N3O2. The van der Waals surface area contributed by atoms with Gasteiger partial charge in [0.05, 0.1) is 19.8 Å². The van der Waals surface area contributed by atoms with Crippen LogP contribution in [0.1, 0.15) is 31.4 Å². The van der Waals surface area contributed by atoms with E-state index >= 15 is 0 Å². The minimum absolute atomic E-state index is 0.159. The maximum Gasteiger partial charge on any atom is 0.191 e. The molecule has 5 nitrogen and oxygen atoms in total. The van der Waals surface area contributed by atoms with Gasteiger partial charge in [-0.25, -0.2) is 4.99 Å². The fraction of sp³-hybridized carbons (Fsp3) is 0.588. The molecule has 1 unspecified atom stereocenters. The van der Waals surface area contributed by atoms with Crippen LogP contribution >= 0.6 is 0 Å². The Morgan fingerprint density at radius 1 is 1.32 bits per heavy atom. The zero-order valence-corrected chi connectivity index (χ0v) is 13.8. The molecule has 122 valence electrons. The monoisotopic (exact) mass is 305 g/mol. The highest BCUT2D eigenvalue weighted by molar-refractivity contribution is 5.79. The smallest absolute Gasteiger partial charge is 0.191 e. The average Bonchev–Trinajstić information content (AvgIpc) is 3.00. The molecule has 2 N–H and O–H groups in total. The first-order valence-corrected chi connectivity index (χ1v) is 8.09. The second-order valence-electron chi connectivity index (χ2n) is 5.44. The molecule has 0 aromatic heterocycles. The fourth-order valence-corrected chi connectivity index (χ4v) is 2.36. The molecule has 0 bridgehead atoms. The van der Waals surface area contributed by atoms with Crippen molar-refractivity contribution in [1.29, 1.82) is 0 Å². The number of ether oxygens (including phenoxy) is 2. The number of guanidine groups is 1. The maximum atomic E-state index is 6.10. The van der Waals surface area contributed by atoms with Gasteiger partial charge in [-0.2, -0.15) is 0 Å². The summed E-state index contributed by atoms with van der Waals surface area (Å²) in [6.45, 7) is 9.96. The first kappa shape index (κ1) is 16.6. The Labute approximate surface area is 133 Å². The van der Waals surface area contributed by atoms with Crippen molar-refractivity contribution in [2.75, 3.05) is 26.3 Å². The molecule has 1 saturated heterocycles. The van der Waals surface area contributed by atoms with Gasteiger partial charge in [0.2, 0.25) is 0 Å². The van der Waals surface area contributed by atoms with Gasteiger partial charge in [-0.3, -0.25) is 0 Å². The van der Waals surface area contributed by atoms with Crippen molar-refractivity contribution in [3.63, 3.8) is 0 Å². The van der Waals surface area contributed by atoms with Crippen LogP contribution in [0.5, 0.6) is 5.75 Å². The second kappa shape index (κ2) is 8.63. The summed E-state index contributed by atoms with van der Waals surface area (Å²) in [7, 11) is 0. The predicted octanol–water partition coefficient (Wildman–Crippen LogP) is 2.24. The SMILES string of the molecule is CCNC(=NCc1ccc(C)cc1OC1CCOC1)NCC. The molecule has 0 amide bonds. The number of hydrogen-bond acceptors (Lipinski definition) is 3. The van der Waals surface area contributed by atoms with Crippen LogP contribution in [0.15, 0.2) is 23.2 Å². The Hall–Kier alpha value is -1.75. The lowest BCUT2D eigenvalue weighted by Crippen LogP contribution is -2.37. The van der Waals surface area contributed by atoms with Crippen LogP contribution in [0.4, 0.5) is 0 Å². The van der Waals surface area contributed by atoms with Gasteiger partial charge in [0.15, 0.2) is 5.96 Å². The first-order chi connectivity index (χ1) is 10.7. The third kappa shape index (κ3) is 4.91. The highest BCUT2D eigenvalue weighted by atomic mass is 16.5. The van der Waals surface area contributed by atoms with E-state index in [0.717, 1.165) is 43.4 Å². The Bertz CT molecular complexity index is 489. The van der Waals surface area contributed by atoms with E-state index in [2.05, 4.69) is 54.6 Å². The van der Waals surface area contributed by atoms with Crippen LogP contribution in [0.2, 0.25) is 0 Å². The Morgan fingerprint density at radius 2 is 2.09 bits per heavy atom. The molecule has 1 aromatic rings. The van der Waals surface area contributed by atoms with Crippen molar-refractivity contribution >= 4 is 5.96 Å². The number of hydrogen-bond donors (Lipinski definition) is 2. The lowest BCUT2D eigenvalue weighted by molar-refractivity contribution is 0.140. The molecule has 1 aliphatic rings. The van der Waals surface area contributed by atoms with E-state index in [1.54, 1.807) is 0 Å². The van der Waals surface area contributed by atoms with Gasteiger partial charge in [-0.1, -0.05) is 12.1 Å². The van der Waals surface area contributed by atoms with Crippen LogP contribution in [-0.2, 0) is 11.3 Å². The summed E-state index contributed by atoms with van der Waals surface area (Å²) in [5.74, 6) is 1.76. The number of rotatable bonds is 6. The largest absolute Gasteiger partial charge is 0.488 e. The summed E-state index contributed by atoms with van der Waals surface area (Å²) in [4.78, 5) is 4.62. The van der Waals surface area contributed by atoms with Crippen LogP contribution in [0, 0.1) is 6.92 Å². The van der Waals surface area contributed by atoms with E-state index in [-0.39, 0.29) is 6.10 Å². The lowest BCUT2D eigenvalue weighted by Gasteiger charge is -2.16. The molecule has 0 radical (unpaired) electrons. The molecule has 0 saturated carbocycles. The van der Waals surface area contributed by atoms with Gasteiger partial charge >= 0.3 is 0 Å². The van der Waals surface area contributed by atoms with E-state index in [4.69, 9.17) is 9.47 Å². The van der Waals surface area contributed by atoms with Gasteiger partial charge in [0.25, 0.3) is 0 Å². The molecule has 0 spiro atoms. The summed E-state index contributed by atoms with van der Waals surface area (Å²) >= 11 is 0. The van der Waals surface area contributed by atoms with Gasteiger partial charge in [-0.05, 0) is 32.4 Å². The number of aliphatic imine (C=N–C) groups is 1. The Morgan fingerprint density at radius 3 is 2.73 bits per heavy atom. The van der Waals surface area contributed by atoms with Crippen molar-refractivity contribution in [3.8, 4) is 5.75 Å². The summed E-state index contributed by atoms with van der Waals surface area (Å²) in [5, 5.41) is 6.47. The fourth-order valence-electron chi connectivity index (χ4n) is 2.36. The summed E-state index contributed by atoms with van der Waals surface area (Å²) < 4.78 is 11.5. The van der Waals surface area contributed by atoms with E-state index in [1.807, 2.05) is 0 Å². The molecule has 1 aliphatic heterocycles. The molecule has 1 fully saturated rings. The quantitative estimate of drug-likeness (QED) is 0.625. The van der Waals surface area contributed by atoms with Gasteiger partial charge < -0.3 is 20.1 Å². The van der Waals surface area contributed by atoms with Crippen molar-refractivity contribution in [1.82, 2.24) is 10.6 Å². The number of aryl methyl sites for hydroxylation is 1. The predicted molar refractivity (Wildman–Crippen MR) is 89.5 cm³/mol. The lowest BCUT2D eigenvalue weighted by atomic mass is 10.1. The van der Waals surface area contributed by atoms with Crippen molar-refractivity contribution in [2.24, 2.45) is 4.99 Å². The molecule has 1 aromatic carbocycles. The van der Waals surface area contributed by atoms with E-state index < -0.39 is 0 Å². The number of nitrogens with zero attached hydrogens (tertiary/aromatic N) is 1. The van der Waals surface area contributed by atoms with Crippen molar-refractivity contribution in [2.45, 2.75) is 39.8 Å². The van der Waals surface area contributed by atoms with Gasteiger partial charge in [0.1, 0.15) is 11.9 Å². The van der Waals surface area contributed by atoms with Crippen LogP contribution < -0.4 is 15.4 Å². The topological polar surface area (TPSA) is 54.9 Å². The highest BCUT2D eigenvalue weighted by Crippen LogP contribution is 2.24. The Balaban J connectivity index is 2.09. The van der Waals surface area contributed by atoms with E-state index in [9.17, 15) is 0 Å². The highest BCUT2D eigenvalue weighted by Gasteiger charge is 2.18. The van der Waals surface area contributed by atoms with Crippen LogP contribution in [-0.4, -0.2) is 38.4 Å². The Kier molecular flexibility index (Phi) is 6.52. The summed E-state index contributed by atoms with van der Waals surface area (Å²) in [6, 6.07) is 6.28. The molecular weight excluding hydrogens is 278 g/mol. The van der Waals surface area contributed by atoms with E-state index in [0.29, 0.717) is 13.2 Å². The normalized spacial score (nSPS) is 17.1. The summed E-state index contributed by atoms with van der Waals surface area (Å²) in [6.07, 6.45) is 1.11. The van der Waals surface area contributed by atoms with Gasteiger partial charge in [-0.15, -0.1) is 0 Å². The third-order valence-electron chi connectivity index (χ3n) is 3.50. The van der Waals surface area contributed by atoms with Crippen LogP contribution in [0.3, 0.4) is 0 Å². The molecule has 5 heteroatoms. The van der Waals surface area contributed by atoms with E-state index in [1.165, 1.54) is 5.56 Å². The average molecular weight is 305 g/mol. The molecule has 1 heterocycles. The first-order valence-electron chi connectivity index (χ1n) is 8.09. The van der Waals surface area contributed by atoms with Crippen molar-refractivity contribution < 1.29 is 9.47 Å². The minimum atomic E-state index is 0.159. The zero-order valence-electron chi connectivity index (χ0n) is 13.8. The minimum Gasteiger partial charge on any atom is -0.488 e. The zero-order chi connectivity index (χ0) is 15.8. The summed E-state index contributed by atoms with van der Waals surface area (Å²) in [5.41, 5.74) is 2.30. The third-order valence-corrected chi connectivity index (χ3v) is 3.50. The van der Waals surface area contributed by atoms with Crippen LogP contribution in [0.25, 0.3) is 0 Å². The maximum absolute atomic E-state index is 6.10. The van der Waals surface area contributed by atoms with Gasteiger partial charge in [0, 0.05) is 25.1 Å².